The van der Waals surface area contributed by atoms with Crippen LogP contribution in [0.3, 0.4) is 0 Å². The molecule has 1 fully saturated rings. The standard InChI is InChI=1S/C23H30N4O3S/c1-24-23(25-14-13-18-9-11-21(12-10-18)31(2,29)30)26-16-19-5-7-20(8-6-19)17-27-15-3-4-22(27)28/h5-12H,3-4,13-17H2,1-2H3,(H2,24,25,26). The van der Waals surface area contributed by atoms with E-state index in [-0.39, 0.29) is 5.91 Å². The number of carbonyl (C=O) groups excluding carboxylic acids is 1. The van der Waals surface area contributed by atoms with E-state index >= 15 is 0 Å². The van der Waals surface area contributed by atoms with Gasteiger partial charge < -0.3 is 15.5 Å². The summed E-state index contributed by atoms with van der Waals surface area (Å²) in [6, 6.07) is 15.2. The van der Waals surface area contributed by atoms with Crippen molar-refractivity contribution < 1.29 is 13.2 Å². The molecule has 0 saturated carbocycles. The Morgan fingerprint density at radius 3 is 2.23 bits per heavy atom. The molecular formula is C23H30N4O3S. The van der Waals surface area contributed by atoms with Crippen molar-refractivity contribution in [1.29, 1.82) is 0 Å². The largest absolute Gasteiger partial charge is 0.356 e. The molecule has 0 spiro atoms. The van der Waals surface area contributed by atoms with E-state index in [1.54, 1.807) is 19.2 Å². The van der Waals surface area contributed by atoms with Crippen LogP contribution in [0.5, 0.6) is 0 Å². The van der Waals surface area contributed by atoms with E-state index in [9.17, 15) is 13.2 Å². The number of hydrogen-bond donors (Lipinski definition) is 2. The van der Waals surface area contributed by atoms with Crippen molar-refractivity contribution in [3.8, 4) is 0 Å². The first-order valence-corrected chi connectivity index (χ1v) is 12.3. The Bertz CT molecular complexity index is 1020. The lowest BCUT2D eigenvalue weighted by atomic mass is 10.1. The van der Waals surface area contributed by atoms with E-state index in [2.05, 4.69) is 39.9 Å². The van der Waals surface area contributed by atoms with Gasteiger partial charge in [-0.05, 0) is 41.7 Å². The zero-order valence-electron chi connectivity index (χ0n) is 18.1. The fourth-order valence-corrected chi connectivity index (χ4v) is 4.12. The lowest BCUT2D eigenvalue weighted by molar-refractivity contribution is -0.128. The Labute approximate surface area is 184 Å². The normalized spacial score (nSPS) is 14.7. The first kappa shape index (κ1) is 22.8. The molecule has 8 heteroatoms. The monoisotopic (exact) mass is 442 g/mol. The molecule has 0 radical (unpaired) electrons. The Morgan fingerprint density at radius 2 is 1.65 bits per heavy atom. The van der Waals surface area contributed by atoms with Crippen LogP contribution in [0.2, 0.25) is 0 Å². The first-order chi connectivity index (χ1) is 14.8. The Morgan fingerprint density at radius 1 is 1.00 bits per heavy atom. The molecule has 3 rings (SSSR count). The maximum Gasteiger partial charge on any atom is 0.222 e. The zero-order chi connectivity index (χ0) is 22.3. The number of sulfone groups is 1. The summed E-state index contributed by atoms with van der Waals surface area (Å²) in [6.45, 7) is 2.86. The summed E-state index contributed by atoms with van der Waals surface area (Å²) < 4.78 is 23.1. The summed E-state index contributed by atoms with van der Waals surface area (Å²) in [5.41, 5.74) is 3.33. The van der Waals surface area contributed by atoms with Crippen LogP contribution in [0.4, 0.5) is 0 Å². The molecule has 2 aromatic carbocycles. The van der Waals surface area contributed by atoms with Crippen molar-refractivity contribution in [2.75, 3.05) is 26.4 Å². The highest BCUT2D eigenvalue weighted by Crippen LogP contribution is 2.15. The first-order valence-electron chi connectivity index (χ1n) is 10.4. The SMILES string of the molecule is CN=C(NCCc1ccc(S(C)(=O)=O)cc1)NCc1ccc(CN2CCCC2=O)cc1. The third-order valence-electron chi connectivity index (χ3n) is 5.31. The van der Waals surface area contributed by atoms with Gasteiger partial charge in [-0.15, -0.1) is 0 Å². The number of nitrogens with one attached hydrogen (secondary N) is 2. The molecule has 1 heterocycles. The quantitative estimate of drug-likeness (QED) is 0.483. The van der Waals surface area contributed by atoms with Crippen molar-refractivity contribution in [2.24, 2.45) is 4.99 Å². The molecule has 0 atom stereocenters. The van der Waals surface area contributed by atoms with Gasteiger partial charge in [0.25, 0.3) is 0 Å². The minimum absolute atomic E-state index is 0.243. The molecule has 1 aliphatic rings. The Balaban J connectivity index is 1.42. The van der Waals surface area contributed by atoms with Crippen LogP contribution < -0.4 is 10.6 Å². The molecular weight excluding hydrogens is 412 g/mol. The van der Waals surface area contributed by atoms with Gasteiger partial charge in [-0.1, -0.05) is 36.4 Å². The topological polar surface area (TPSA) is 90.9 Å². The van der Waals surface area contributed by atoms with Crippen LogP contribution in [-0.2, 0) is 34.1 Å². The maximum atomic E-state index is 11.8. The van der Waals surface area contributed by atoms with E-state index in [0.29, 0.717) is 36.9 Å². The maximum absolute atomic E-state index is 11.8. The van der Waals surface area contributed by atoms with Gasteiger partial charge in [0.05, 0.1) is 4.90 Å². The molecule has 0 bridgehead atoms. The van der Waals surface area contributed by atoms with Crippen molar-refractivity contribution in [3.05, 3.63) is 65.2 Å². The van der Waals surface area contributed by atoms with Crippen molar-refractivity contribution in [1.82, 2.24) is 15.5 Å². The number of rotatable bonds is 8. The predicted octanol–water partition coefficient (Wildman–Crippen LogP) is 2.12. The van der Waals surface area contributed by atoms with E-state index in [4.69, 9.17) is 0 Å². The Kier molecular flexibility index (Phi) is 7.68. The van der Waals surface area contributed by atoms with Gasteiger partial charge in [-0.25, -0.2) is 8.42 Å². The number of nitrogens with zero attached hydrogens (tertiary/aromatic N) is 2. The molecule has 166 valence electrons. The molecule has 1 amide bonds. The Hall–Kier alpha value is -2.87. The average molecular weight is 443 g/mol. The van der Waals surface area contributed by atoms with E-state index in [0.717, 1.165) is 36.1 Å². The van der Waals surface area contributed by atoms with Crippen LogP contribution in [0.25, 0.3) is 0 Å². The molecule has 1 saturated heterocycles. The summed E-state index contributed by atoms with van der Waals surface area (Å²) >= 11 is 0. The molecule has 7 nitrogen and oxygen atoms in total. The van der Waals surface area contributed by atoms with Crippen molar-refractivity contribution in [2.45, 2.75) is 37.2 Å². The number of aliphatic imine (C=N–C) groups is 1. The second kappa shape index (κ2) is 10.4. The number of hydrogen-bond acceptors (Lipinski definition) is 4. The third kappa shape index (κ3) is 6.82. The summed E-state index contributed by atoms with van der Waals surface area (Å²) in [6.07, 6.45) is 3.59. The smallest absolute Gasteiger partial charge is 0.222 e. The molecule has 0 aliphatic carbocycles. The summed E-state index contributed by atoms with van der Waals surface area (Å²) in [5, 5.41) is 6.57. The van der Waals surface area contributed by atoms with Gasteiger partial charge in [0.2, 0.25) is 5.91 Å². The minimum atomic E-state index is -3.16. The number of amides is 1. The highest BCUT2D eigenvalue weighted by Gasteiger charge is 2.19. The number of benzene rings is 2. The fraction of sp³-hybridized carbons (Fsp3) is 0.391. The van der Waals surface area contributed by atoms with Crippen LogP contribution >= 0.6 is 0 Å². The van der Waals surface area contributed by atoms with E-state index in [1.165, 1.54) is 6.26 Å². The van der Waals surface area contributed by atoms with Crippen LogP contribution in [0.1, 0.15) is 29.5 Å². The molecule has 1 aliphatic heterocycles. The van der Waals surface area contributed by atoms with Crippen LogP contribution in [0.15, 0.2) is 58.4 Å². The predicted molar refractivity (Wildman–Crippen MR) is 123 cm³/mol. The molecule has 2 N–H and O–H groups in total. The lowest BCUT2D eigenvalue weighted by Crippen LogP contribution is -2.37. The summed E-state index contributed by atoms with van der Waals surface area (Å²) in [7, 11) is -1.44. The van der Waals surface area contributed by atoms with Gasteiger partial charge in [-0.2, -0.15) is 0 Å². The van der Waals surface area contributed by atoms with Crippen molar-refractivity contribution in [3.63, 3.8) is 0 Å². The number of carbonyl (C=O) groups is 1. The molecule has 2 aromatic rings. The molecule has 31 heavy (non-hydrogen) atoms. The van der Waals surface area contributed by atoms with Gasteiger partial charge in [0.1, 0.15) is 0 Å². The highest BCUT2D eigenvalue weighted by atomic mass is 32.2. The van der Waals surface area contributed by atoms with Crippen molar-refractivity contribution >= 4 is 21.7 Å². The van der Waals surface area contributed by atoms with Gasteiger partial charge in [0, 0.05) is 45.9 Å². The van der Waals surface area contributed by atoms with Gasteiger partial charge >= 0.3 is 0 Å². The summed E-state index contributed by atoms with van der Waals surface area (Å²) in [5.74, 6) is 0.950. The third-order valence-corrected chi connectivity index (χ3v) is 6.44. The lowest BCUT2D eigenvalue weighted by Gasteiger charge is -2.16. The molecule has 0 aromatic heterocycles. The second-order valence-corrected chi connectivity index (χ2v) is 9.77. The number of likely N-dealkylation sites (tertiary alicyclic amines) is 1. The van der Waals surface area contributed by atoms with Crippen LogP contribution in [0, 0.1) is 0 Å². The average Bonchev–Trinajstić information content (AvgIpc) is 3.15. The summed E-state index contributed by atoms with van der Waals surface area (Å²) in [4.78, 5) is 18.2. The minimum Gasteiger partial charge on any atom is -0.356 e. The van der Waals surface area contributed by atoms with Crippen LogP contribution in [-0.4, -0.2) is 51.6 Å². The van der Waals surface area contributed by atoms with E-state index < -0.39 is 9.84 Å². The second-order valence-electron chi connectivity index (χ2n) is 7.75. The highest BCUT2D eigenvalue weighted by molar-refractivity contribution is 7.90. The fourth-order valence-electron chi connectivity index (χ4n) is 3.49. The van der Waals surface area contributed by atoms with Gasteiger partial charge in [-0.3, -0.25) is 9.79 Å². The number of guanidine groups is 1. The molecule has 0 unspecified atom stereocenters. The van der Waals surface area contributed by atoms with E-state index in [1.807, 2.05) is 17.0 Å². The van der Waals surface area contributed by atoms with Gasteiger partial charge in [0.15, 0.2) is 15.8 Å². The zero-order valence-corrected chi connectivity index (χ0v) is 18.9.